The normalized spacial score (nSPS) is 22.3. The van der Waals surface area contributed by atoms with Crippen LogP contribution in [-0.4, -0.2) is 54.3 Å². The van der Waals surface area contributed by atoms with Crippen molar-refractivity contribution in [3.8, 4) is 5.88 Å². The second-order valence-corrected chi connectivity index (χ2v) is 4.78. The number of aliphatic carboxylic acids is 1. The van der Waals surface area contributed by atoms with E-state index >= 15 is 0 Å². The average molecular weight is 333 g/mol. The molecule has 3 rings (SSSR count). The van der Waals surface area contributed by atoms with Gasteiger partial charge in [-0.2, -0.15) is 13.2 Å². The molecule has 1 aromatic rings. The van der Waals surface area contributed by atoms with Crippen LogP contribution >= 0.6 is 0 Å². The van der Waals surface area contributed by atoms with Crippen molar-refractivity contribution in [2.45, 2.75) is 12.3 Å². The summed E-state index contributed by atoms with van der Waals surface area (Å²) in [6, 6.07) is 3.81. The van der Waals surface area contributed by atoms with E-state index in [0.29, 0.717) is 11.8 Å². The fraction of sp³-hybridized carbons (Fsp3) is 0.462. The van der Waals surface area contributed by atoms with Gasteiger partial charge < -0.3 is 20.0 Å². The van der Waals surface area contributed by atoms with Gasteiger partial charge in [0.2, 0.25) is 5.88 Å². The lowest BCUT2D eigenvalue weighted by molar-refractivity contribution is -0.192. The molecule has 1 aromatic heterocycles. The molecule has 3 heterocycles. The molecule has 0 spiro atoms. The third-order valence-electron chi connectivity index (χ3n) is 3.28. The van der Waals surface area contributed by atoms with Gasteiger partial charge in [-0.25, -0.2) is 9.78 Å². The second kappa shape index (κ2) is 6.82. The van der Waals surface area contributed by atoms with E-state index in [9.17, 15) is 13.2 Å². The largest absolute Gasteiger partial charge is 0.490 e. The van der Waals surface area contributed by atoms with Crippen molar-refractivity contribution in [2.75, 3.05) is 20.2 Å². The van der Waals surface area contributed by atoms with Crippen molar-refractivity contribution in [1.82, 2.24) is 10.3 Å². The standard InChI is InChI=1S/C11H13N3O2.C2HF3O2/c1-15-10-3-2-7(4-13-10)11-8-5-12-6-9(8)16-14-11;3-2(4,5)1(6)7/h2-4,8-9,12H,5-6H2,1H3;(H,6,7)/t8-,9+;/m1./s1. The molecular weight excluding hydrogens is 319 g/mol. The Hall–Kier alpha value is -2.36. The van der Waals surface area contributed by atoms with Gasteiger partial charge in [0.15, 0.2) is 0 Å². The van der Waals surface area contributed by atoms with Gasteiger partial charge in [0.05, 0.1) is 18.7 Å². The minimum atomic E-state index is -5.08. The molecule has 7 nitrogen and oxygen atoms in total. The highest BCUT2D eigenvalue weighted by atomic mass is 19.4. The van der Waals surface area contributed by atoms with Gasteiger partial charge in [0.25, 0.3) is 0 Å². The minimum Gasteiger partial charge on any atom is -0.481 e. The molecule has 10 heteroatoms. The van der Waals surface area contributed by atoms with Gasteiger partial charge in [0.1, 0.15) is 6.10 Å². The summed E-state index contributed by atoms with van der Waals surface area (Å²) in [5.41, 5.74) is 2.00. The van der Waals surface area contributed by atoms with E-state index in [0.717, 1.165) is 24.4 Å². The Morgan fingerprint density at radius 3 is 2.65 bits per heavy atom. The maximum absolute atomic E-state index is 10.6. The number of nitrogens with zero attached hydrogens (tertiary/aromatic N) is 2. The first-order chi connectivity index (χ1) is 10.8. The predicted molar refractivity (Wildman–Crippen MR) is 72.2 cm³/mol. The van der Waals surface area contributed by atoms with Crippen molar-refractivity contribution in [1.29, 1.82) is 0 Å². The Morgan fingerprint density at radius 1 is 1.43 bits per heavy atom. The second-order valence-electron chi connectivity index (χ2n) is 4.78. The molecule has 0 aromatic carbocycles. The fourth-order valence-electron chi connectivity index (χ4n) is 2.15. The first-order valence-electron chi connectivity index (χ1n) is 6.58. The van der Waals surface area contributed by atoms with Crippen LogP contribution < -0.4 is 10.1 Å². The fourth-order valence-corrected chi connectivity index (χ4v) is 2.15. The Balaban J connectivity index is 0.000000236. The number of carboxylic acids is 1. The molecule has 0 unspecified atom stereocenters. The molecule has 1 saturated heterocycles. The Morgan fingerprint density at radius 2 is 2.13 bits per heavy atom. The summed E-state index contributed by atoms with van der Waals surface area (Å²) >= 11 is 0. The van der Waals surface area contributed by atoms with Crippen LogP contribution in [0.15, 0.2) is 23.5 Å². The van der Waals surface area contributed by atoms with E-state index in [4.69, 9.17) is 19.5 Å². The van der Waals surface area contributed by atoms with E-state index in [2.05, 4.69) is 15.5 Å². The number of fused-ring (bicyclic) bond motifs is 1. The van der Waals surface area contributed by atoms with Crippen LogP contribution in [0.4, 0.5) is 13.2 Å². The zero-order valence-electron chi connectivity index (χ0n) is 12.0. The SMILES string of the molecule is COc1ccc(C2=NO[C@H]3CNC[C@@H]23)cn1.O=C(O)C(F)(F)F. The molecule has 0 saturated carbocycles. The van der Waals surface area contributed by atoms with E-state index in [1.54, 1.807) is 13.3 Å². The first-order valence-corrected chi connectivity index (χ1v) is 6.58. The summed E-state index contributed by atoms with van der Waals surface area (Å²) in [7, 11) is 1.61. The van der Waals surface area contributed by atoms with Crippen LogP contribution in [0.1, 0.15) is 5.56 Å². The molecule has 2 aliphatic rings. The van der Waals surface area contributed by atoms with Gasteiger partial charge in [-0.3, -0.25) is 0 Å². The van der Waals surface area contributed by atoms with Crippen molar-refractivity contribution >= 4 is 11.7 Å². The van der Waals surface area contributed by atoms with Crippen LogP contribution in [0.25, 0.3) is 0 Å². The summed E-state index contributed by atoms with van der Waals surface area (Å²) in [5, 5.41) is 14.6. The van der Waals surface area contributed by atoms with Gasteiger partial charge in [-0.1, -0.05) is 5.16 Å². The van der Waals surface area contributed by atoms with Crippen molar-refractivity contribution in [3.63, 3.8) is 0 Å². The highest BCUT2D eigenvalue weighted by molar-refractivity contribution is 6.03. The number of pyridine rings is 1. The summed E-state index contributed by atoms with van der Waals surface area (Å²) in [4.78, 5) is 18.4. The smallest absolute Gasteiger partial charge is 0.481 e. The Bertz CT molecular complexity index is 589. The Labute approximate surface area is 129 Å². The number of hydrogen-bond donors (Lipinski definition) is 2. The number of aromatic nitrogens is 1. The number of hydrogen-bond acceptors (Lipinski definition) is 6. The highest BCUT2D eigenvalue weighted by Gasteiger charge is 2.39. The number of rotatable bonds is 2. The predicted octanol–water partition coefficient (Wildman–Crippen LogP) is 1.05. The number of ether oxygens (including phenoxy) is 1. The van der Waals surface area contributed by atoms with Gasteiger partial charge in [-0.15, -0.1) is 0 Å². The van der Waals surface area contributed by atoms with Crippen molar-refractivity contribution in [2.24, 2.45) is 11.1 Å². The first kappa shape index (κ1) is 17.0. The van der Waals surface area contributed by atoms with Crippen LogP contribution in [0, 0.1) is 5.92 Å². The maximum atomic E-state index is 10.6. The minimum absolute atomic E-state index is 0.192. The van der Waals surface area contributed by atoms with Gasteiger partial charge in [-0.05, 0) is 6.07 Å². The number of halogens is 3. The molecule has 2 N–H and O–H groups in total. The molecule has 23 heavy (non-hydrogen) atoms. The third-order valence-corrected chi connectivity index (χ3v) is 3.28. The van der Waals surface area contributed by atoms with Gasteiger partial charge in [0, 0.05) is 30.9 Å². The lowest BCUT2D eigenvalue weighted by atomic mass is 9.96. The van der Waals surface area contributed by atoms with Gasteiger partial charge >= 0.3 is 12.1 Å². The van der Waals surface area contributed by atoms with Crippen LogP contribution in [-0.2, 0) is 9.63 Å². The monoisotopic (exact) mass is 333 g/mol. The topological polar surface area (TPSA) is 93.0 Å². The molecule has 1 fully saturated rings. The highest BCUT2D eigenvalue weighted by Crippen LogP contribution is 2.25. The number of methoxy groups -OCH3 is 1. The van der Waals surface area contributed by atoms with Crippen LogP contribution in [0.3, 0.4) is 0 Å². The van der Waals surface area contributed by atoms with Crippen LogP contribution in [0.5, 0.6) is 5.88 Å². The number of carbonyl (C=O) groups is 1. The summed E-state index contributed by atoms with van der Waals surface area (Å²) < 4.78 is 36.8. The molecular formula is C13H14F3N3O4. The molecule has 0 amide bonds. The van der Waals surface area contributed by atoms with E-state index < -0.39 is 12.1 Å². The lowest BCUT2D eigenvalue weighted by Gasteiger charge is -2.07. The van der Waals surface area contributed by atoms with Crippen molar-refractivity contribution in [3.05, 3.63) is 23.9 Å². The van der Waals surface area contributed by atoms with E-state index in [1.807, 2.05) is 12.1 Å². The molecule has 2 atom stereocenters. The lowest BCUT2D eigenvalue weighted by Crippen LogP contribution is -2.21. The molecule has 126 valence electrons. The molecule has 2 aliphatic heterocycles. The molecule has 0 bridgehead atoms. The zero-order valence-corrected chi connectivity index (χ0v) is 12.0. The van der Waals surface area contributed by atoms with E-state index in [1.165, 1.54) is 0 Å². The van der Waals surface area contributed by atoms with E-state index in [-0.39, 0.29) is 6.10 Å². The average Bonchev–Trinajstić information content (AvgIpc) is 3.10. The molecule has 0 radical (unpaired) electrons. The Kier molecular flexibility index (Phi) is 5.04. The van der Waals surface area contributed by atoms with Crippen LogP contribution in [0.2, 0.25) is 0 Å². The molecule has 0 aliphatic carbocycles. The van der Waals surface area contributed by atoms with Crippen molar-refractivity contribution < 1.29 is 32.6 Å². The number of oxime groups is 1. The summed E-state index contributed by atoms with van der Waals surface area (Å²) in [6.45, 7) is 1.80. The number of carboxylic acid groups (broad SMARTS) is 1. The maximum Gasteiger partial charge on any atom is 0.490 e. The summed E-state index contributed by atoms with van der Waals surface area (Å²) in [6.07, 6.45) is -3.11. The summed E-state index contributed by atoms with van der Waals surface area (Å²) in [5.74, 6) is -1.79. The third kappa shape index (κ3) is 4.09. The number of alkyl halides is 3. The number of nitrogens with one attached hydrogen (secondary N) is 1. The quantitative estimate of drug-likeness (QED) is 0.840. The zero-order chi connectivity index (χ0) is 17.0.